The number of rotatable bonds is 7. The Kier molecular flexibility index (Phi) is 10.2. The quantitative estimate of drug-likeness (QED) is 0.453. The van der Waals surface area contributed by atoms with E-state index in [1.54, 1.807) is 0 Å². The van der Waals surface area contributed by atoms with Crippen molar-refractivity contribution in [2.75, 3.05) is 0 Å². The molecule has 0 saturated heterocycles. The first-order valence-corrected chi connectivity index (χ1v) is 7.36. The van der Waals surface area contributed by atoms with Gasteiger partial charge in [0.15, 0.2) is 0 Å². The van der Waals surface area contributed by atoms with Crippen molar-refractivity contribution in [3.05, 3.63) is 0 Å². The third-order valence-corrected chi connectivity index (χ3v) is 4.26. The van der Waals surface area contributed by atoms with E-state index in [0.29, 0.717) is 0 Å². The molecule has 1 rings (SSSR count). The smallest absolute Gasteiger partial charge is 0.0414 e. The van der Waals surface area contributed by atoms with E-state index in [0.717, 1.165) is 11.8 Å². The van der Waals surface area contributed by atoms with Crippen molar-refractivity contribution in [2.24, 2.45) is 11.8 Å². The Bertz CT molecular complexity index is 131. The molecule has 16 heavy (non-hydrogen) atoms. The van der Waals surface area contributed by atoms with Crippen molar-refractivity contribution in [1.82, 2.24) is 0 Å². The molecule has 0 aromatic carbocycles. The average molecular weight is 226 g/mol. The van der Waals surface area contributed by atoms with E-state index < -0.39 is 0 Å². The van der Waals surface area contributed by atoms with Crippen molar-refractivity contribution in [1.29, 1.82) is 0 Å². The van der Waals surface area contributed by atoms with Gasteiger partial charge in [-0.3, -0.25) is 0 Å². The first kappa shape index (κ1) is 16.0. The molecule has 0 aliphatic heterocycles. The van der Waals surface area contributed by atoms with Crippen LogP contribution in [0.15, 0.2) is 0 Å². The van der Waals surface area contributed by atoms with Gasteiger partial charge in [0.05, 0.1) is 0 Å². The van der Waals surface area contributed by atoms with Gasteiger partial charge >= 0.3 is 0 Å². The Morgan fingerprint density at radius 1 is 0.750 bits per heavy atom. The first-order chi connectivity index (χ1) is 7.36. The van der Waals surface area contributed by atoms with Gasteiger partial charge in [0.2, 0.25) is 0 Å². The molecular weight excluding hydrogens is 192 g/mol. The molecule has 0 radical (unpaired) electrons. The molecule has 1 fully saturated rings. The van der Waals surface area contributed by atoms with Crippen LogP contribution in [0.4, 0.5) is 0 Å². The summed E-state index contributed by atoms with van der Waals surface area (Å²) in [6.07, 6.45) is 16.3. The summed E-state index contributed by atoms with van der Waals surface area (Å²) in [7, 11) is 0. The second-order valence-electron chi connectivity index (χ2n) is 5.50. The first-order valence-electron chi connectivity index (χ1n) is 7.36. The van der Waals surface area contributed by atoms with Crippen molar-refractivity contribution < 1.29 is 0 Å². The lowest BCUT2D eigenvalue weighted by molar-refractivity contribution is 0.253. The minimum Gasteiger partial charge on any atom is -0.0776 e. The highest BCUT2D eigenvalue weighted by molar-refractivity contribution is 4.71. The molecule has 0 spiro atoms. The van der Waals surface area contributed by atoms with Crippen LogP contribution in [0, 0.1) is 11.8 Å². The third kappa shape index (κ3) is 6.55. The second-order valence-corrected chi connectivity index (χ2v) is 5.50. The highest BCUT2D eigenvalue weighted by Crippen LogP contribution is 2.33. The van der Waals surface area contributed by atoms with Crippen LogP contribution in [-0.2, 0) is 0 Å². The fourth-order valence-electron chi connectivity index (χ4n) is 2.96. The van der Waals surface area contributed by atoms with Crippen LogP contribution in [-0.4, -0.2) is 0 Å². The Balaban J connectivity index is 0.00000225. The summed E-state index contributed by atoms with van der Waals surface area (Å²) in [5, 5.41) is 0. The van der Waals surface area contributed by atoms with Gasteiger partial charge < -0.3 is 0 Å². The number of unbranched alkanes of at least 4 members (excludes halogenated alkanes) is 4. The zero-order valence-electron chi connectivity index (χ0n) is 10.9. The van der Waals surface area contributed by atoms with Crippen LogP contribution in [0.3, 0.4) is 0 Å². The van der Waals surface area contributed by atoms with Crippen LogP contribution in [0.2, 0.25) is 0 Å². The van der Waals surface area contributed by atoms with E-state index in [1.807, 2.05) is 0 Å². The van der Waals surface area contributed by atoms with E-state index in [1.165, 1.54) is 70.6 Å². The molecule has 0 unspecified atom stereocenters. The van der Waals surface area contributed by atoms with Crippen molar-refractivity contribution in [2.45, 2.75) is 91.9 Å². The van der Waals surface area contributed by atoms with Gasteiger partial charge in [-0.15, -0.1) is 0 Å². The topological polar surface area (TPSA) is 0 Å². The minimum atomic E-state index is 0. The molecule has 1 aliphatic rings. The molecule has 0 aromatic rings. The Morgan fingerprint density at radius 3 is 1.88 bits per heavy atom. The molecule has 0 bridgehead atoms. The van der Waals surface area contributed by atoms with Gasteiger partial charge in [0.1, 0.15) is 0 Å². The zero-order chi connectivity index (χ0) is 10.9. The number of hydrogen-bond acceptors (Lipinski definition) is 0. The third-order valence-electron chi connectivity index (χ3n) is 4.26. The molecule has 0 N–H and O–H groups in total. The monoisotopic (exact) mass is 226 g/mol. The maximum atomic E-state index is 2.36. The molecule has 0 atom stereocenters. The predicted molar refractivity (Wildman–Crippen MR) is 75.8 cm³/mol. The van der Waals surface area contributed by atoms with Crippen LogP contribution in [0.1, 0.15) is 91.9 Å². The minimum absolute atomic E-state index is 0. The second kappa shape index (κ2) is 10.2. The van der Waals surface area contributed by atoms with Gasteiger partial charge in [-0.2, -0.15) is 0 Å². The molecule has 0 heteroatoms. The lowest BCUT2D eigenvalue weighted by Crippen LogP contribution is -2.13. The van der Waals surface area contributed by atoms with Crippen LogP contribution < -0.4 is 0 Å². The fourth-order valence-corrected chi connectivity index (χ4v) is 2.96. The highest BCUT2D eigenvalue weighted by atomic mass is 14.2. The van der Waals surface area contributed by atoms with Gasteiger partial charge in [-0.05, 0) is 11.8 Å². The fraction of sp³-hybridized carbons (Fsp3) is 1.00. The van der Waals surface area contributed by atoms with Gasteiger partial charge in [-0.1, -0.05) is 91.9 Å². The van der Waals surface area contributed by atoms with E-state index in [-0.39, 0.29) is 7.43 Å². The van der Waals surface area contributed by atoms with Gasteiger partial charge in [-0.25, -0.2) is 0 Å². The lowest BCUT2D eigenvalue weighted by Gasteiger charge is -2.27. The van der Waals surface area contributed by atoms with E-state index in [4.69, 9.17) is 0 Å². The molecule has 0 amide bonds. The summed E-state index contributed by atoms with van der Waals surface area (Å²) in [6.45, 7) is 4.65. The van der Waals surface area contributed by atoms with E-state index in [2.05, 4.69) is 13.8 Å². The average Bonchev–Trinajstić information content (AvgIpc) is 2.30. The van der Waals surface area contributed by atoms with Crippen molar-refractivity contribution in [3.8, 4) is 0 Å². The lowest BCUT2D eigenvalue weighted by atomic mass is 9.79. The number of hydrogen-bond donors (Lipinski definition) is 0. The SMILES string of the molecule is C.CCCCCCCC1CCC(CC)CC1. The van der Waals surface area contributed by atoms with Crippen LogP contribution in [0.25, 0.3) is 0 Å². The van der Waals surface area contributed by atoms with Crippen molar-refractivity contribution in [3.63, 3.8) is 0 Å². The molecule has 1 aliphatic carbocycles. The van der Waals surface area contributed by atoms with E-state index in [9.17, 15) is 0 Å². The molecule has 98 valence electrons. The van der Waals surface area contributed by atoms with Gasteiger partial charge in [0.25, 0.3) is 0 Å². The zero-order valence-corrected chi connectivity index (χ0v) is 10.9. The van der Waals surface area contributed by atoms with Gasteiger partial charge in [0, 0.05) is 0 Å². The molecule has 0 heterocycles. The Hall–Kier alpha value is 0. The van der Waals surface area contributed by atoms with Crippen LogP contribution >= 0.6 is 0 Å². The maximum absolute atomic E-state index is 2.36. The summed E-state index contributed by atoms with van der Waals surface area (Å²) in [5.74, 6) is 2.16. The molecule has 1 saturated carbocycles. The van der Waals surface area contributed by atoms with Crippen LogP contribution in [0.5, 0.6) is 0 Å². The van der Waals surface area contributed by atoms with E-state index >= 15 is 0 Å². The molecule has 0 nitrogen and oxygen atoms in total. The molecule has 0 aromatic heterocycles. The van der Waals surface area contributed by atoms with Crippen molar-refractivity contribution >= 4 is 0 Å². The highest BCUT2D eigenvalue weighted by Gasteiger charge is 2.19. The summed E-state index contributed by atoms with van der Waals surface area (Å²) in [5.41, 5.74) is 0. The Labute approximate surface area is 104 Å². The summed E-state index contributed by atoms with van der Waals surface area (Å²) >= 11 is 0. The maximum Gasteiger partial charge on any atom is -0.0414 e. The largest absolute Gasteiger partial charge is 0.0776 e. The normalized spacial score (nSPS) is 25.1. The predicted octanol–water partition coefficient (Wildman–Crippen LogP) is 6.20. The standard InChI is InChI=1S/C15H30.CH4/c1-3-5-6-7-8-9-15-12-10-14(4-2)11-13-15;/h14-15H,3-13H2,1-2H3;1H4. The summed E-state index contributed by atoms with van der Waals surface area (Å²) in [4.78, 5) is 0. The molecular formula is C16H34. The summed E-state index contributed by atoms with van der Waals surface area (Å²) < 4.78 is 0. The summed E-state index contributed by atoms with van der Waals surface area (Å²) in [6, 6.07) is 0. The Morgan fingerprint density at radius 2 is 1.31 bits per heavy atom.